The Morgan fingerprint density at radius 2 is 1.69 bits per heavy atom. The number of nitrogens with two attached hydrogens (primary N) is 1. The highest BCUT2D eigenvalue weighted by Gasteiger charge is 2.14. The summed E-state index contributed by atoms with van der Waals surface area (Å²) in [5, 5.41) is 4.90. The van der Waals surface area contributed by atoms with E-state index in [0.29, 0.717) is 6.42 Å². The fourth-order valence-electron chi connectivity index (χ4n) is 1.21. The molecule has 0 amide bonds. The second kappa shape index (κ2) is 7.25. The minimum Gasteiger partial charge on any atom is -0.376 e. The molecule has 0 bridgehead atoms. The van der Waals surface area contributed by atoms with Crippen molar-refractivity contribution in [3.8, 4) is 0 Å². The highest BCUT2D eigenvalue weighted by Crippen LogP contribution is 2.14. The van der Waals surface area contributed by atoms with Gasteiger partial charge in [0.1, 0.15) is 0 Å². The third-order valence-electron chi connectivity index (χ3n) is 2.67. The lowest BCUT2D eigenvalue weighted by molar-refractivity contribution is -0.0216. The lowest BCUT2D eigenvalue weighted by Crippen LogP contribution is -2.23. The van der Waals surface area contributed by atoms with Crippen molar-refractivity contribution in [3.05, 3.63) is 0 Å². The zero-order valence-electron chi connectivity index (χ0n) is 10.7. The van der Waals surface area contributed by atoms with E-state index >= 15 is 0 Å². The van der Waals surface area contributed by atoms with Crippen LogP contribution in [-0.2, 0) is 14.8 Å². The quantitative estimate of drug-likeness (QED) is 0.637. The van der Waals surface area contributed by atoms with Crippen LogP contribution in [-0.4, -0.2) is 26.4 Å². The maximum absolute atomic E-state index is 10.6. The molecule has 2 N–H and O–H groups in total. The molecule has 0 saturated carbocycles. The first kappa shape index (κ1) is 15.9. The lowest BCUT2D eigenvalue weighted by atomic mass is 10.1. The molecule has 0 aliphatic rings. The van der Waals surface area contributed by atoms with E-state index in [4.69, 9.17) is 9.88 Å². The minimum atomic E-state index is -3.28. The van der Waals surface area contributed by atoms with Crippen LogP contribution in [0.2, 0.25) is 0 Å². The first-order valence-electron chi connectivity index (χ1n) is 5.91. The normalized spacial score (nSPS) is 13.0. The topological polar surface area (TPSA) is 69.4 Å². The van der Waals surface area contributed by atoms with Gasteiger partial charge in [0.25, 0.3) is 0 Å². The summed E-state index contributed by atoms with van der Waals surface area (Å²) < 4.78 is 27.0. The number of ether oxygens (including phenoxy) is 1. The number of primary sulfonamides is 1. The molecular weight excluding hydrogens is 226 g/mol. The van der Waals surface area contributed by atoms with Gasteiger partial charge in [0, 0.05) is 6.61 Å². The number of sulfonamides is 1. The first-order chi connectivity index (χ1) is 7.27. The molecule has 16 heavy (non-hydrogen) atoms. The van der Waals surface area contributed by atoms with Crippen molar-refractivity contribution in [2.24, 2.45) is 5.14 Å². The molecular formula is C11H25NO3S. The van der Waals surface area contributed by atoms with E-state index < -0.39 is 10.0 Å². The van der Waals surface area contributed by atoms with Gasteiger partial charge in [0.2, 0.25) is 10.0 Å². The molecule has 0 fully saturated rings. The second-order valence-electron chi connectivity index (χ2n) is 4.74. The van der Waals surface area contributed by atoms with Crippen LogP contribution in [0.4, 0.5) is 0 Å². The van der Waals surface area contributed by atoms with Gasteiger partial charge < -0.3 is 4.74 Å². The maximum atomic E-state index is 10.6. The summed E-state index contributed by atoms with van der Waals surface area (Å²) in [6.45, 7) is 7.00. The molecule has 0 rings (SSSR count). The Labute approximate surface area is 99.6 Å². The molecule has 0 aromatic heterocycles. The van der Waals surface area contributed by atoms with Crippen molar-refractivity contribution in [1.29, 1.82) is 0 Å². The SMILES string of the molecule is CCC(C)(C)OCCCCCCS(N)(=O)=O. The van der Waals surface area contributed by atoms with Gasteiger partial charge >= 0.3 is 0 Å². The van der Waals surface area contributed by atoms with Gasteiger partial charge in [-0.3, -0.25) is 0 Å². The molecule has 0 unspecified atom stereocenters. The van der Waals surface area contributed by atoms with Gasteiger partial charge in [0.15, 0.2) is 0 Å². The van der Waals surface area contributed by atoms with Crippen molar-refractivity contribution < 1.29 is 13.2 Å². The number of hydrogen-bond donors (Lipinski definition) is 1. The smallest absolute Gasteiger partial charge is 0.209 e. The van der Waals surface area contributed by atoms with Crippen LogP contribution in [0.15, 0.2) is 0 Å². The van der Waals surface area contributed by atoms with Crippen molar-refractivity contribution in [2.75, 3.05) is 12.4 Å². The fraction of sp³-hybridized carbons (Fsp3) is 1.00. The average molecular weight is 251 g/mol. The molecule has 0 aromatic rings. The van der Waals surface area contributed by atoms with Gasteiger partial charge in [0.05, 0.1) is 11.4 Å². The van der Waals surface area contributed by atoms with E-state index in [1.807, 2.05) is 0 Å². The molecule has 0 heterocycles. The highest BCUT2D eigenvalue weighted by atomic mass is 32.2. The van der Waals surface area contributed by atoms with Crippen LogP contribution < -0.4 is 5.14 Å². The fourth-order valence-corrected chi connectivity index (χ4v) is 1.82. The zero-order valence-corrected chi connectivity index (χ0v) is 11.5. The molecule has 0 saturated heterocycles. The molecule has 0 spiro atoms. The summed E-state index contributed by atoms with van der Waals surface area (Å²) in [7, 11) is -3.28. The summed E-state index contributed by atoms with van der Waals surface area (Å²) in [5.41, 5.74) is -0.0411. The third kappa shape index (κ3) is 10.4. The van der Waals surface area contributed by atoms with Crippen LogP contribution >= 0.6 is 0 Å². The number of unbranched alkanes of at least 4 members (excludes halogenated alkanes) is 3. The van der Waals surface area contributed by atoms with Crippen LogP contribution in [0.5, 0.6) is 0 Å². The van der Waals surface area contributed by atoms with E-state index in [9.17, 15) is 8.42 Å². The predicted molar refractivity (Wildman–Crippen MR) is 66.8 cm³/mol. The lowest BCUT2D eigenvalue weighted by Gasteiger charge is -2.23. The maximum Gasteiger partial charge on any atom is 0.209 e. The first-order valence-corrected chi connectivity index (χ1v) is 7.63. The van der Waals surface area contributed by atoms with Gasteiger partial charge in [-0.15, -0.1) is 0 Å². The molecule has 98 valence electrons. The van der Waals surface area contributed by atoms with Crippen molar-refractivity contribution in [3.63, 3.8) is 0 Å². The molecule has 4 nitrogen and oxygen atoms in total. The third-order valence-corrected chi connectivity index (χ3v) is 3.53. The van der Waals surface area contributed by atoms with E-state index in [1.54, 1.807) is 0 Å². The summed E-state index contributed by atoms with van der Waals surface area (Å²) in [4.78, 5) is 0. The van der Waals surface area contributed by atoms with Crippen molar-refractivity contribution in [1.82, 2.24) is 0 Å². The van der Waals surface area contributed by atoms with E-state index in [-0.39, 0.29) is 11.4 Å². The molecule has 0 atom stereocenters. The standard InChI is InChI=1S/C11H25NO3S/c1-4-11(2,3)15-9-7-5-6-8-10-16(12,13)14/h4-10H2,1-3H3,(H2,12,13,14). The number of rotatable bonds is 9. The van der Waals surface area contributed by atoms with Crippen LogP contribution in [0.25, 0.3) is 0 Å². The summed E-state index contributed by atoms with van der Waals surface area (Å²) in [6.07, 6.45) is 4.52. The summed E-state index contributed by atoms with van der Waals surface area (Å²) in [6, 6.07) is 0. The van der Waals surface area contributed by atoms with Gasteiger partial charge in [-0.05, 0) is 33.1 Å². The van der Waals surface area contributed by atoms with Crippen LogP contribution in [0.3, 0.4) is 0 Å². The summed E-state index contributed by atoms with van der Waals surface area (Å²) >= 11 is 0. The molecule has 0 radical (unpaired) electrons. The monoisotopic (exact) mass is 251 g/mol. The minimum absolute atomic E-state index is 0.0411. The zero-order chi connectivity index (χ0) is 12.7. The van der Waals surface area contributed by atoms with Crippen LogP contribution in [0, 0.1) is 0 Å². The average Bonchev–Trinajstić information content (AvgIpc) is 2.14. The van der Waals surface area contributed by atoms with Gasteiger partial charge in [-0.2, -0.15) is 0 Å². The van der Waals surface area contributed by atoms with E-state index in [2.05, 4.69) is 20.8 Å². The Kier molecular flexibility index (Phi) is 7.19. The Balaban J connectivity index is 3.35. The molecule has 5 heteroatoms. The van der Waals surface area contributed by atoms with Crippen molar-refractivity contribution >= 4 is 10.0 Å². The molecule has 0 aliphatic carbocycles. The molecule has 0 aliphatic heterocycles. The second-order valence-corrected chi connectivity index (χ2v) is 6.48. The highest BCUT2D eigenvalue weighted by molar-refractivity contribution is 7.89. The predicted octanol–water partition coefficient (Wildman–Crippen LogP) is 2.04. The van der Waals surface area contributed by atoms with Crippen molar-refractivity contribution in [2.45, 2.75) is 58.5 Å². The van der Waals surface area contributed by atoms with E-state index in [0.717, 1.165) is 32.3 Å². The Bertz CT molecular complexity index is 273. The Morgan fingerprint density at radius 3 is 2.19 bits per heavy atom. The summed E-state index contributed by atoms with van der Waals surface area (Å²) in [5.74, 6) is 0.0916. The Morgan fingerprint density at radius 1 is 1.12 bits per heavy atom. The number of hydrogen-bond acceptors (Lipinski definition) is 3. The Hall–Kier alpha value is -0.130. The van der Waals surface area contributed by atoms with E-state index in [1.165, 1.54) is 0 Å². The van der Waals surface area contributed by atoms with Crippen LogP contribution in [0.1, 0.15) is 52.9 Å². The largest absolute Gasteiger partial charge is 0.376 e. The van der Waals surface area contributed by atoms with Gasteiger partial charge in [-0.1, -0.05) is 19.8 Å². The van der Waals surface area contributed by atoms with Gasteiger partial charge in [-0.25, -0.2) is 13.6 Å². The molecule has 0 aromatic carbocycles.